The van der Waals surface area contributed by atoms with E-state index in [0.717, 1.165) is 41.9 Å². The molecule has 3 aromatic heterocycles. The molecule has 2 unspecified atom stereocenters. The number of nitrogens with one attached hydrogen (secondary N) is 1. The second-order valence-electron chi connectivity index (χ2n) is 6.38. The van der Waals surface area contributed by atoms with E-state index in [9.17, 15) is 0 Å². The van der Waals surface area contributed by atoms with Crippen LogP contribution in [0.15, 0.2) is 30.6 Å². The standard InChI is InChI=1S/C17H20ClN7/c18-15-4-2-10(7-22-15)13-9-23-25-16(20)5-14(24-17(13)25)11-1-3-12(6-19)21-8-11/h2,4-5,7,9,11-12,21H,1,3,6,8,19-20H2. The van der Waals surface area contributed by atoms with E-state index < -0.39 is 0 Å². The van der Waals surface area contributed by atoms with Gasteiger partial charge < -0.3 is 16.8 Å². The van der Waals surface area contributed by atoms with E-state index in [2.05, 4.69) is 15.4 Å². The summed E-state index contributed by atoms with van der Waals surface area (Å²) in [6.07, 6.45) is 5.57. The summed E-state index contributed by atoms with van der Waals surface area (Å²) in [5.41, 5.74) is 15.5. The number of nitrogens with zero attached hydrogens (tertiary/aromatic N) is 4. The largest absolute Gasteiger partial charge is 0.384 e. The molecule has 0 saturated carbocycles. The summed E-state index contributed by atoms with van der Waals surface area (Å²) < 4.78 is 1.66. The SMILES string of the molecule is NCC1CCC(c2cc(N)n3ncc(-c4ccc(Cl)nc4)c3n2)CN1. The van der Waals surface area contributed by atoms with Crippen molar-refractivity contribution in [3.8, 4) is 11.1 Å². The first-order valence-corrected chi connectivity index (χ1v) is 8.73. The van der Waals surface area contributed by atoms with Gasteiger partial charge in [0.05, 0.1) is 11.9 Å². The van der Waals surface area contributed by atoms with Gasteiger partial charge in [-0.25, -0.2) is 9.97 Å². The minimum absolute atomic E-state index is 0.321. The van der Waals surface area contributed by atoms with E-state index in [1.54, 1.807) is 23.0 Å². The van der Waals surface area contributed by atoms with E-state index in [4.69, 9.17) is 28.1 Å². The lowest BCUT2D eigenvalue weighted by Crippen LogP contribution is -2.42. The van der Waals surface area contributed by atoms with E-state index in [1.165, 1.54) is 0 Å². The average molecular weight is 358 g/mol. The molecule has 0 radical (unpaired) electrons. The van der Waals surface area contributed by atoms with Crippen LogP contribution in [0.2, 0.25) is 5.15 Å². The van der Waals surface area contributed by atoms with Crippen LogP contribution in [0.3, 0.4) is 0 Å². The number of hydrogen-bond donors (Lipinski definition) is 3. The predicted octanol–water partition coefficient (Wildman–Crippen LogP) is 1.82. The smallest absolute Gasteiger partial charge is 0.165 e. The van der Waals surface area contributed by atoms with Crippen molar-refractivity contribution in [2.45, 2.75) is 24.8 Å². The Morgan fingerprint density at radius 3 is 2.84 bits per heavy atom. The number of piperidine rings is 1. The van der Waals surface area contributed by atoms with Crippen LogP contribution in [0.4, 0.5) is 5.82 Å². The number of rotatable bonds is 3. The molecule has 4 heterocycles. The summed E-state index contributed by atoms with van der Waals surface area (Å²) in [4.78, 5) is 9.00. The molecule has 1 aliphatic rings. The Balaban J connectivity index is 1.73. The highest BCUT2D eigenvalue weighted by molar-refractivity contribution is 6.29. The van der Waals surface area contributed by atoms with Crippen LogP contribution in [-0.4, -0.2) is 38.7 Å². The van der Waals surface area contributed by atoms with Gasteiger partial charge in [0, 0.05) is 48.4 Å². The maximum absolute atomic E-state index is 6.22. The highest BCUT2D eigenvalue weighted by Gasteiger charge is 2.23. The van der Waals surface area contributed by atoms with Gasteiger partial charge in [0.15, 0.2) is 5.65 Å². The number of anilines is 1. The topological polar surface area (TPSA) is 107 Å². The van der Waals surface area contributed by atoms with Gasteiger partial charge in [0.25, 0.3) is 0 Å². The molecule has 3 aromatic rings. The molecule has 2 atom stereocenters. The quantitative estimate of drug-likeness (QED) is 0.617. The molecule has 1 fully saturated rings. The molecule has 7 nitrogen and oxygen atoms in total. The highest BCUT2D eigenvalue weighted by Crippen LogP contribution is 2.29. The summed E-state index contributed by atoms with van der Waals surface area (Å²) in [6, 6.07) is 5.97. The lowest BCUT2D eigenvalue weighted by Gasteiger charge is -2.28. The number of aromatic nitrogens is 4. The Hall–Kier alpha value is -2.22. The Kier molecular flexibility index (Phi) is 4.29. The van der Waals surface area contributed by atoms with Crippen molar-refractivity contribution < 1.29 is 0 Å². The van der Waals surface area contributed by atoms with E-state index in [1.807, 2.05) is 12.1 Å². The molecule has 4 rings (SSSR count). The first kappa shape index (κ1) is 16.3. The number of nitrogen functional groups attached to an aromatic ring is 1. The number of nitrogens with two attached hydrogens (primary N) is 2. The molecule has 25 heavy (non-hydrogen) atoms. The fraction of sp³-hybridized carbons (Fsp3) is 0.353. The Morgan fingerprint density at radius 1 is 1.28 bits per heavy atom. The zero-order valence-electron chi connectivity index (χ0n) is 13.7. The molecule has 0 aromatic carbocycles. The number of hydrogen-bond acceptors (Lipinski definition) is 6. The third kappa shape index (κ3) is 3.06. The number of pyridine rings is 1. The molecule has 0 aliphatic carbocycles. The summed E-state index contributed by atoms with van der Waals surface area (Å²) in [5.74, 6) is 0.898. The van der Waals surface area contributed by atoms with Crippen LogP contribution < -0.4 is 16.8 Å². The van der Waals surface area contributed by atoms with E-state index >= 15 is 0 Å². The second kappa shape index (κ2) is 6.59. The number of halogens is 1. The van der Waals surface area contributed by atoms with E-state index in [0.29, 0.717) is 29.5 Å². The van der Waals surface area contributed by atoms with Crippen LogP contribution >= 0.6 is 11.6 Å². The van der Waals surface area contributed by atoms with Crippen molar-refractivity contribution >= 4 is 23.1 Å². The van der Waals surface area contributed by atoms with Crippen molar-refractivity contribution in [2.75, 3.05) is 18.8 Å². The summed E-state index contributed by atoms with van der Waals surface area (Å²) in [5, 5.41) is 8.30. The molecule has 130 valence electrons. The minimum atomic E-state index is 0.321. The summed E-state index contributed by atoms with van der Waals surface area (Å²) in [7, 11) is 0. The monoisotopic (exact) mass is 357 g/mol. The lowest BCUT2D eigenvalue weighted by atomic mass is 9.92. The van der Waals surface area contributed by atoms with Crippen molar-refractivity contribution in [3.63, 3.8) is 0 Å². The van der Waals surface area contributed by atoms with E-state index in [-0.39, 0.29) is 0 Å². The van der Waals surface area contributed by atoms with Gasteiger partial charge >= 0.3 is 0 Å². The molecule has 1 saturated heterocycles. The van der Waals surface area contributed by atoms with Crippen LogP contribution in [0, 0.1) is 0 Å². The first-order valence-electron chi connectivity index (χ1n) is 8.35. The third-order valence-corrected chi connectivity index (χ3v) is 5.00. The molecular formula is C17H20ClN7. The van der Waals surface area contributed by atoms with Crippen molar-refractivity contribution in [3.05, 3.63) is 41.4 Å². The lowest BCUT2D eigenvalue weighted by molar-refractivity contribution is 0.367. The fourth-order valence-corrected chi connectivity index (χ4v) is 3.43. The Bertz CT molecular complexity index is 882. The number of fused-ring (bicyclic) bond motifs is 1. The normalized spacial score (nSPS) is 20.9. The molecule has 8 heteroatoms. The van der Waals surface area contributed by atoms with Crippen LogP contribution in [0.1, 0.15) is 24.5 Å². The first-order chi connectivity index (χ1) is 12.2. The van der Waals surface area contributed by atoms with Crippen molar-refractivity contribution in [1.82, 2.24) is 24.9 Å². The van der Waals surface area contributed by atoms with Gasteiger partial charge in [0.1, 0.15) is 11.0 Å². The zero-order valence-corrected chi connectivity index (χ0v) is 14.4. The van der Waals surface area contributed by atoms with Crippen molar-refractivity contribution in [1.29, 1.82) is 0 Å². The van der Waals surface area contributed by atoms with Gasteiger partial charge in [-0.05, 0) is 25.0 Å². The van der Waals surface area contributed by atoms with Crippen molar-refractivity contribution in [2.24, 2.45) is 5.73 Å². The van der Waals surface area contributed by atoms with Gasteiger partial charge in [-0.3, -0.25) is 0 Å². The molecule has 5 N–H and O–H groups in total. The fourth-order valence-electron chi connectivity index (χ4n) is 3.32. The Labute approximate surface area is 150 Å². The van der Waals surface area contributed by atoms with Gasteiger partial charge in [-0.15, -0.1) is 0 Å². The van der Waals surface area contributed by atoms with Crippen LogP contribution in [0.5, 0.6) is 0 Å². The van der Waals surface area contributed by atoms with Gasteiger partial charge in [-0.2, -0.15) is 9.61 Å². The highest BCUT2D eigenvalue weighted by atomic mass is 35.5. The van der Waals surface area contributed by atoms with Crippen LogP contribution in [-0.2, 0) is 0 Å². The predicted molar refractivity (Wildman–Crippen MR) is 98.5 cm³/mol. The third-order valence-electron chi connectivity index (χ3n) is 4.78. The average Bonchev–Trinajstić information content (AvgIpc) is 3.07. The maximum Gasteiger partial charge on any atom is 0.165 e. The molecule has 0 spiro atoms. The maximum atomic E-state index is 6.22. The second-order valence-corrected chi connectivity index (χ2v) is 6.77. The van der Waals surface area contributed by atoms with Gasteiger partial charge in [-0.1, -0.05) is 11.6 Å². The summed E-state index contributed by atoms with van der Waals surface area (Å²) >= 11 is 5.88. The summed E-state index contributed by atoms with van der Waals surface area (Å²) in [6.45, 7) is 1.52. The Morgan fingerprint density at radius 2 is 2.16 bits per heavy atom. The van der Waals surface area contributed by atoms with Crippen LogP contribution in [0.25, 0.3) is 16.8 Å². The molecular weight excluding hydrogens is 338 g/mol. The molecule has 0 bridgehead atoms. The molecule has 0 amide bonds. The zero-order chi connectivity index (χ0) is 17.4. The molecule has 1 aliphatic heterocycles. The van der Waals surface area contributed by atoms with Gasteiger partial charge in [0.2, 0.25) is 0 Å². The minimum Gasteiger partial charge on any atom is -0.384 e.